The number of methoxy groups -OCH3 is 2. The average Bonchev–Trinajstić information content (AvgIpc) is 3.10. The molecule has 2 N–H and O–H groups in total. The Labute approximate surface area is 214 Å². The molecule has 184 valence electrons. The lowest BCUT2D eigenvalue weighted by atomic mass is 9.75. The van der Waals surface area contributed by atoms with Crippen LogP contribution < -0.4 is 20.1 Å². The number of rotatable bonds is 3. The first kappa shape index (κ1) is 22.9. The van der Waals surface area contributed by atoms with E-state index >= 15 is 0 Å². The maximum absolute atomic E-state index is 13.5. The molecule has 0 fully saturated rings. The van der Waals surface area contributed by atoms with Crippen molar-refractivity contribution in [1.29, 1.82) is 5.26 Å². The zero-order chi connectivity index (χ0) is 25.0. The van der Waals surface area contributed by atoms with Gasteiger partial charge in [0.05, 0.1) is 37.3 Å². The number of ketones is 1. The van der Waals surface area contributed by atoms with E-state index in [1.165, 1.54) is 23.3 Å². The number of Topliss-reactive ketones (excluding diaryl/α,β-unsaturated/α-hetero) is 1. The van der Waals surface area contributed by atoms with Crippen LogP contribution in [0.5, 0.6) is 11.5 Å². The normalized spacial score (nSPS) is 21.0. The number of carbonyl (C=O) groups excluding carboxylic acids is 1. The summed E-state index contributed by atoms with van der Waals surface area (Å²) in [5.41, 5.74) is 11.7. The molecule has 2 aliphatic carbocycles. The highest BCUT2D eigenvalue weighted by molar-refractivity contribution is 7.17. The van der Waals surface area contributed by atoms with Crippen LogP contribution in [-0.4, -0.2) is 25.8 Å². The molecule has 0 saturated heterocycles. The minimum atomic E-state index is -0.569. The van der Waals surface area contributed by atoms with E-state index in [2.05, 4.69) is 11.0 Å². The lowest BCUT2D eigenvalue weighted by Crippen LogP contribution is -2.38. The Bertz CT molecular complexity index is 1420. The zero-order valence-electron chi connectivity index (χ0n) is 20.5. The van der Waals surface area contributed by atoms with Crippen LogP contribution in [0, 0.1) is 11.3 Å². The summed E-state index contributed by atoms with van der Waals surface area (Å²) in [6.07, 6.45) is 7.54. The molecule has 8 heteroatoms. The Hall–Kier alpha value is -3.57. The van der Waals surface area contributed by atoms with E-state index in [1.54, 1.807) is 31.6 Å². The Kier molecular flexibility index (Phi) is 5.60. The third-order valence-electron chi connectivity index (χ3n) is 7.69. The minimum absolute atomic E-state index is 0.0770. The largest absolute Gasteiger partial charge is 0.497 e. The fraction of sp³-hybridized carbons (Fsp3) is 0.393. The summed E-state index contributed by atoms with van der Waals surface area (Å²) in [5.74, 6) is 1.73. The molecule has 4 aliphatic rings. The number of allylic oxidation sites excluding steroid dienone is 3. The number of fused-ring (bicyclic) bond motifs is 6. The molecule has 7 nitrogen and oxygen atoms in total. The van der Waals surface area contributed by atoms with Crippen LogP contribution in [0.3, 0.4) is 0 Å². The fourth-order valence-corrected chi connectivity index (χ4v) is 7.48. The maximum atomic E-state index is 13.5. The van der Waals surface area contributed by atoms with Crippen LogP contribution >= 0.6 is 11.3 Å². The standard InChI is InChI=1S/C28H28N4O3S/c1-34-15-11-12-16(21(13-15)35-2)23-18(14-29)27-31-26(30)24-17-7-4-3-5-10-22(17)36-28(24)32(27)19-8-6-9-20(33)25(19)23/h11-13,23H,3-10H2,1-2H3,(H2,30,31)/t23-/m0/s1. The Morgan fingerprint density at radius 1 is 1.11 bits per heavy atom. The molecule has 0 bridgehead atoms. The molecular formula is C28H28N4O3S. The van der Waals surface area contributed by atoms with Crippen molar-refractivity contribution in [2.24, 2.45) is 10.7 Å². The van der Waals surface area contributed by atoms with Crippen LogP contribution in [0.25, 0.3) is 0 Å². The predicted octanol–water partition coefficient (Wildman–Crippen LogP) is 5.10. The molecule has 6 rings (SSSR count). The quantitative estimate of drug-likeness (QED) is 0.589. The summed E-state index contributed by atoms with van der Waals surface area (Å²) in [7, 11) is 3.19. The Balaban J connectivity index is 1.62. The lowest BCUT2D eigenvalue weighted by Gasteiger charge is -2.41. The van der Waals surface area contributed by atoms with Crippen molar-refractivity contribution in [2.45, 2.75) is 57.3 Å². The average molecular weight is 501 g/mol. The van der Waals surface area contributed by atoms with Crippen molar-refractivity contribution in [3.63, 3.8) is 0 Å². The van der Waals surface area contributed by atoms with Gasteiger partial charge in [0.15, 0.2) is 11.6 Å². The summed E-state index contributed by atoms with van der Waals surface area (Å²) in [6, 6.07) is 7.93. The van der Waals surface area contributed by atoms with E-state index in [0.29, 0.717) is 40.7 Å². The topological polar surface area (TPSA) is 101 Å². The van der Waals surface area contributed by atoms with E-state index in [-0.39, 0.29) is 5.78 Å². The second kappa shape index (κ2) is 8.82. The highest BCUT2D eigenvalue weighted by Crippen LogP contribution is 2.54. The number of hydrogen-bond donors (Lipinski definition) is 1. The number of aryl methyl sites for hydroxylation is 1. The van der Waals surface area contributed by atoms with Gasteiger partial charge in [-0.05, 0) is 50.2 Å². The molecule has 0 spiro atoms. The first-order valence-corrected chi connectivity index (χ1v) is 13.3. The number of nitriles is 1. The number of nitrogens with zero attached hydrogens (tertiary/aromatic N) is 3. The third kappa shape index (κ3) is 3.30. The highest BCUT2D eigenvalue weighted by atomic mass is 32.1. The van der Waals surface area contributed by atoms with E-state index in [1.807, 2.05) is 12.1 Å². The first-order chi connectivity index (χ1) is 17.6. The number of aliphatic imine (C=N–C) groups is 1. The summed E-state index contributed by atoms with van der Waals surface area (Å²) in [5, 5.41) is 11.5. The number of ether oxygens (including phenoxy) is 2. The molecule has 1 aromatic carbocycles. The molecular weight excluding hydrogens is 472 g/mol. The summed E-state index contributed by atoms with van der Waals surface area (Å²) in [4.78, 5) is 21.9. The smallest absolute Gasteiger partial charge is 0.161 e. The Morgan fingerprint density at radius 2 is 1.94 bits per heavy atom. The van der Waals surface area contributed by atoms with Gasteiger partial charge in [-0.2, -0.15) is 5.26 Å². The van der Waals surface area contributed by atoms with Crippen LogP contribution in [0.15, 0.2) is 45.9 Å². The molecule has 2 aliphatic heterocycles. The monoisotopic (exact) mass is 500 g/mol. The van der Waals surface area contributed by atoms with Crippen LogP contribution in [0.4, 0.5) is 5.00 Å². The zero-order valence-corrected chi connectivity index (χ0v) is 21.3. The van der Waals surface area contributed by atoms with Gasteiger partial charge in [-0.15, -0.1) is 11.3 Å². The summed E-state index contributed by atoms with van der Waals surface area (Å²) < 4.78 is 11.1. The van der Waals surface area contributed by atoms with Crippen molar-refractivity contribution in [3.8, 4) is 17.6 Å². The van der Waals surface area contributed by atoms with Crippen molar-refractivity contribution in [1.82, 2.24) is 0 Å². The van der Waals surface area contributed by atoms with Gasteiger partial charge in [-0.3, -0.25) is 9.69 Å². The van der Waals surface area contributed by atoms with E-state index in [0.717, 1.165) is 53.9 Å². The first-order valence-electron chi connectivity index (χ1n) is 12.5. The molecule has 0 amide bonds. The molecule has 36 heavy (non-hydrogen) atoms. The van der Waals surface area contributed by atoms with Crippen molar-refractivity contribution < 1.29 is 14.3 Å². The van der Waals surface area contributed by atoms with Crippen molar-refractivity contribution in [2.75, 3.05) is 19.1 Å². The molecule has 2 aromatic rings. The number of carbonyl (C=O) groups is 1. The maximum Gasteiger partial charge on any atom is 0.161 e. The van der Waals surface area contributed by atoms with Crippen molar-refractivity contribution in [3.05, 3.63) is 62.4 Å². The molecule has 0 saturated carbocycles. The van der Waals surface area contributed by atoms with Gasteiger partial charge in [0.1, 0.15) is 22.3 Å². The number of nitrogens with two attached hydrogens (primary N) is 1. The van der Waals surface area contributed by atoms with Gasteiger partial charge in [0.2, 0.25) is 0 Å². The highest BCUT2D eigenvalue weighted by Gasteiger charge is 2.45. The number of hydrogen-bond acceptors (Lipinski definition) is 8. The summed E-state index contributed by atoms with van der Waals surface area (Å²) in [6.45, 7) is 0. The van der Waals surface area contributed by atoms with Gasteiger partial charge in [0, 0.05) is 34.2 Å². The number of thiophene rings is 1. The van der Waals surface area contributed by atoms with Crippen LogP contribution in [0.2, 0.25) is 0 Å². The Morgan fingerprint density at radius 3 is 2.72 bits per heavy atom. The van der Waals surface area contributed by atoms with Crippen molar-refractivity contribution >= 4 is 28.0 Å². The predicted molar refractivity (Wildman–Crippen MR) is 140 cm³/mol. The summed E-state index contributed by atoms with van der Waals surface area (Å²) >= 11 is 1.75. The molecule has 0 radical (unpaired) electrons. The minimum Gasteiger partial charge on any atom is -0.497 e. The van der Waals surface area contributed by atoms with Gasteiger partial charge in [0.25, 0.3) is 0 Å². The van der Waals surface area contributed by atoms with Crippen LogP contribution in [0.1, 0.15) is 66.0 Å². The van der Waals surface area contributed by atoms with Gasteiger partial charge < -0.3 is 15.2 Å². The van der Waals surface area contributed by atoms with Crippen LogP contribution in [-0.2, 0) is 17.6 Å². The number of anilines is 1. The molecule has 1 aromatic heterocycles. The molecule has 3 heterocycles. The van der Waals surface area contributed by atoms with E-state index in [4.69, 9.17) is 20.2 Å². The third-order valence-corrected chi connectivity index (χ3v) is 8.97. The number of benzene rings is 1. The second-order valence-electron chi connectivity index (χ2n) is 9.60. The van der Waals surface area contributed by atoms with Gasteiger partial charge >= 0.3 is 0 Å². The molecule has 1 atom stereocenters. The number of amidine groups is 1. The lowest BCUT2D eigenvalue weighted by molar-refractivity contribution is -0.116. The van der Waals surface area contributed by atoms with Gasteiger partial charge in [-0.1, -0.05) is 12.5 Å². The second-order valence-corrected chi connectivity index (χ2v) is 10.7. The van der Waals surface area contributed by atoms with E-state index in [9.17, 15) is 10.1 Å². The fourth-order valence-electron chi connectivity index (χ4n) is 6.06. The van der Waals surface area contributed by atoms with E-state index < -0.39 is 5.92 Å². The molecule has 0 unspecified atom stereocenters. The SMILES string of the molecule is COc1ccc([C@H]2C(C#N)=C3N=C(N)c4c(sc5c4CCCCC5)N3C3=C2C(=O)CCC3)c(OC)c1. The van der Waals surface area contributed by atoms with Gasteiger partial charge in [-0.25, -0.2) is 4.99 Å².